The second-order valence-electron chi connectivity index (χ2n) is 7.14. The van der Waals surface area contributed by atoms with Gasteiger partial charge in [0, 0.05) is 30.8 Å². The lowest BCUT2D eigenvalue weighted by atomic mass is 10.0. The molecule has 0 radical (unpaired) electrons. The average molecular weight is 375 g/mol. The zero-order chi connectivity index (χ0) is 18.9. The van der Waals surface area contributed by atoms with Crippen molar-refractivity contribution >= 4 is 0 Å². The van der Waals surface area contributed by atoms with Crippen LogP contribution in [-0.4, -0.2) is 34.6 Å². The van der Waals surface area contributed by atoms with Crippen molar-refractivity contribution in [1.82, 2.24) is 14.9 Å². The summed E-state index contributed by atoms with van der Waals surface area (Å²) in [6.07, 6.45) is 0.706. The molecule has 0 bridgehead atoms. The van der Waals surface area contributed by atoms with Gasteiger partial charge >= 0.3 is 0 Å². The fraction of sp³-hybridized carbons (Fsp3) is 0.273. The third kappa shape index (κ3) is 3.27. The molecule has 3 heterocycles. The monoisotopic (exact) mass is 375 g/mol. The van der Waals surface area contributed by atoms with Crippen molar-refractivity contribution in [2.24, 2.45) is 0 Å². The molecule has 0 spiro atoms. The van der Waals surface area contributed by atoms with Crippen LogP contribution >= 0.6 is 0 Å². The first-order chi connectivity index (χ1) is 13.8. The van der Waals surface area contributed by atoms with Crippen molar-refractivity contribution in [1.29, 1.82) is 0 Å². The Kier molecular flexibility index (Phi) is 4.33. The Morgan fingerprint density at radius 2 is 1.86 bits per heavy atom. The molecular weight excluding hydrogens is 354 g/mol. The number of H-pyrrole nitrogens is 1. The Hall–Kier alpha value is -3.12. The summed E-state index contributed by atoms with van der Waals surface area (Å²) in [5.41, 5.74) is 3.74. The van der Waals surface area contributed by atoms with Crippen molar-refractivity contribution in [3.05, 3.63) is 75.7 Å². The number of nitrogens with one attached hydrogen (secondary N) is 1. The molecule has 2 aliphatic rings. The smallest absolute Gasteiger partial charge is 0.254 e. The van der Waals surface area contributed by atoms with Crippen molar-refractivity contribution in [2.45, 2.75) is 19.5 Å². The van der Waals surface area contributed by atoms with Crippen LogP contribution in [0.5, 0.6) is 11.5 Å². The maximum absolute atomic E-state index is 12.5. The quantitative estimate of drug-likeness (QED) is 0.762. The van der Waals surface area contributed by atoms with E-state index in [9.17, 15) is 4.79 Å². The van der Waals surface area contributed by atoms with Crippen LogP contribution in [0.2, 0.25) is 0 Å². The van der Waals surface area contributed by atoms with Crippen molar-refractivity contribution in [3.63, 3.8) is 0 Å². The van der Waals surface area contributed by atoms with Gasteiger partial charge in [0.15, 0.2) is 11.5 Å². The van der Waals surface area contributed by atoms with E-state index < -0.39 is 0 Å². The Labute approximate surface area is 162 Å². The summed E-state index contributed by atoms with van der Waals surface area (Å²) >= 11 is 0. The first kappa shape index (κ1) is 17.0. The summed E-state index contributed by atoms with van der Waals surface area (Å²) < 4.78 is 11.3. The van der Waals surface area contributed by atoms with Gasteiger partial charge in [-0.2, -0.15) is 0 Å². The summed E-state index contributed by atoms with van der Waals surface area (Å²) in [6.45, 7) is 3.46. The lowest BCUT2D eigenvalue weighted by Gasteiger charge is -2.28. The number of fused-ring (bicyclic) bond motifs is 2. The lowest BCUT2D eigenvalue weighted by molar-refractivity contribution is 0.171. The van der Waals surface area contributed by atoms with Crippen LogP contribution < -0.4 is 15.0 Å². The highest BCUT2D eigenvalue weighted by molar-refractivity contribution is 5.54. The molecule has 0 unspecified atom stereocenters. The molecule has 28 heavy (non-hydrogen) atoms. The number of hydrogen-bond acceptors (Lipinski definition) is 5. The zero-order valence-corrected chi connectivity index (χ0v) is 15.5. The van der Waals surface area contributed by atoms with E-state index in [1.165, 1.54) is 5.56 Å². The molecule has 0 aliphatic carbocycles. The second-order valence-corrected chi connectivity index (χ2v) is 7.14. The minimum absolute atomic E-state index is 0.0252. The van der Waals surface area contributed by atoms with Gasteiger partial charge in [0.25, 0.3) is 5.56 Å². The fourth-order valence-electron chi connectivity index (χ4n) is 3.81. The number of ether oxygens (including phenoxy) is 2. The summed E-state index contributed by atoms with van der Waals surface area (Å²) in [6, 6.07) is 15.9. The van der Waals surface area contributed by atoms with Crippen LogP contribution in [0.25, 0.3) is 11.4 Å². The molecule has 142 valence electrons. The topological polar surface area (TPSA) is 67.5 Å². The first-order valence-corrected chi connectivity index (χ1v) is 9.54. The Morgan fingerprint density at radius 3 is 2.71 bits per heavy atom. The summed E-state index contributed by atoms with van der Waals surface area (Å²) in [4.78, 5) is 22.6. The number of rotatable bonds is 3. The highest BCUT2D eigenvalue weighted by Gasteiger charge is 2.22. The molecule has 0 atom stereocenters. The van der Waals surface area contributed by atoms with Crippen molar-refractivity contribution in [2.75, 3.05) is 19.8 Å². The molecule has 0 saturated heterocycles. The second kappa shape index (κ2) is 7.13. The van der Waals surface area contributed by atoms with Gasteiger partial charge in [0.2, 0.25) is 0 Å². The maximum Gasteiger partial charge on any atom is 0.254 e. The summed E-state index contributed by atoms with van der Waals surface area (Å²) in [5, 5.41) is 0. The van der Waals surface area contributed by atoms with E-state index in [1.54, 1.807) is 0 Å². The Balaban J connectivity index is 1.39. The van der Waals surface area contributed by atoms with Gasteiger partial charge in [0.1, 0.15) is 19.0 Å². The summed E-state index contributed by atoms with van der Waals surface area (Å²) in [5.74, 6) is 2.24. The lowest BCUT2D eigenvalue weighted by Crippen LogP contribution is -2.35. The van der Waals surface area contributed by atoms with Gasteiger partial charge in [-0.1, -0.05) is 36.4 Å². The predicted molar refractivity (Wildman–Crippen MR) is 106 cm³/mol. The molecule has 2 aromatic carbocycles. The number of aromatic nitrogens is 2. The molecule has 6 heteroatoms. The third-order valence-corrected chi connectivity index (χ3v) is 5.21. The Bertz CT molecular complexity index is 1060. The number of aromatic amines is 1. The largest absolute Gasteiger partial charge is 0.486 e. The van der Waals surface area contributed by atoms with Gasteiger partial charge in [-0.3, -0.25) is 9.69 Å². The van der Waals surface area contributed by atoms with E-state index in [2.05, 4.69) is 16.0 Å². The van der Waals surface area contributed by atoms with E-state index in [1.807, 2.05) is 42.5 Å². The maximum atomic E-state index is 12.5. The van der Waals surface area contributed by atoms with Crippen LogP contribution in [0.1, 0.15) is 16.8 Å². The molecule has 1 aromatic heterocycles. The van der Waals surface area contributed by atoms with E-state index in [-0.39, 0.29) is 5.56 Å². The number of benzene rings is 2. The first-order valence-electron chi connectivity index (χ1n) is 9.54. The van der Waals surface area contributed by atoms with Gasteiger partial charge < -0.3 is 14.5 Å². The minimum atomic E-state index is -0.0252. The Morgan fingerprint density at radius 1 is 1.04 bits per heavy atom. The molecule has 3 aromatic rings. The third-order valence-electron chi connectivity index (χ3n) is 5.21. The molecule has 5 rings (SSSR count). The highest BCUT2D eigenvalue weighted by atomic mass is 16.6. The molecule has 0 fully saturated rings. The van der Waals surface area contributed by atoms with Crippen LogP contribution in [0, 0.1) is 0 Å². The van der Waals surface area contributed by atoms with Crippen molar-refractivity contribution < 1.29 is 9.47 Å². The fourth-order valence-corrected chi connectivity index (χ4v) is 3.81. The van der Waals surface area contributed by atoms with E-state index in [0.717, 1.165) is 41.4 Å². The zero-order valence-electron chi connectivity index (χ0n) is 15.5. The molecule has 2 aliphatic heterocycles. The number of hydrogen-bond donors (Lipinski definition) is 1. The number of nitrogens with zero attached hydrogens (tertiary/aromatic N) is 2. The average Bonchev–Trinajstić information content (AvgIpc) is 2.74. The van der Waals surface area contributed by atoms with Gasteiger partial charge in [-0.15, -0.1) is 0 Å². The van der Waals surface area contributed by atoms with E-state index in [4.69, 9.17) is 14.5 Å². The standard InChI is InChI=1S/C22H21N3O3/c26-22-17-8-9-25(13-15-6-7-19-20(12-15)28-11-10-27-19)14-18(17)23-21(24-22)16-4-2-1-3-5-16/h1-7,12H,8-11,13-14H2,(H,23,24,26). The molecule has 0 saturated carbocycles. The SMILES string of the molecule is O=c1[nH]c(-c2ccccc2)nc2c1CCN(Cc1ccc3c(c1)OCCO3)C2. The highest BCUT2D eigenvalue weighted by Crippen LogP contribution is 2.31. The van der Waals surface area contributed by atoms with Crippen LogP contribution in [0.4, 0.5) is 0 Å². The minimum Gasteiger partial charge on any atom is -0.486 e. The normalized spacial score (nSPS) is 15.9. The van der Waals surface area contributed by atoms with Gasteiger partial charge in [-0.05, 0) is 24.1 Å². The van der Waals surface area contributed by atoms with Crippen molar-refractivity contribution in [3.8, 4) is 22.9 Å². The van der Waals surface area contributed by atoms with E-state index in [0.29, 0.717) is 32.0 Å². The van der Waals surface area contributed by atoms with Crippen LogP contribution in [0.3, 0.4) is 0 Å². The molecular formula is C22H21N3O3. The predicted octanol–water partition coefficient (Wildman–Crippen LogP) is 2.77. The van der Waals surface area contributed by atoms with Gasteiger partial charge in [-0.25, -0.2) is 4.98 Å². The van der Waals surface area contributed by atoms with Crippen LogP contribution in [0.15, 0.2) is 53.3 Å². The van der Waals surface area contributed by atoms with Gasteiger partial charge in [0.05, 0.1) is 5.69 Å². The molecule has 0 amide bonds. The molecule has 6 nitrogen and oxygen atoms in total. The molecule has 1 N–H and O–H groups in total. The van der Waals surface area contributed by atoms with E-state index >= 15 is 0 Å². The van der Waals surface area contributed by atoms with Crippen LogP contribution in [-0.2, 0) is 19.5 Å². The summed E-state index contributed by atoms with van der Waals surface area (Å²) in [7, 11) is 0.